The zero-order chi connectivity index (χ0) is 16.6. The highest BCUT2D eigenvalue weighted by molar-refractivity contribution is 6.07. The molecule has 23 heavy (non-hydrogen) atoms. The highest BCUT2D eigenvalue weighted by atomic mass is 16.7. The van der Waals surface area contributed by atoms with Crippen molar-refractivity contribution in [2.45, 2.75) is 25.3 Å². The predicted octanol–water partition coefficient (Wildman–Crippen LogP) is 1.05. The number of hydrogen-bond donors (Lipinski definition) is 2. The Morgan fingerprint density at radius 2 is 2.09 bits per heavy atom. The van der Waals surface area contributed by atoms with E-state index in [-0.39, 0.29) is 19.8 Å². The van der Waals surface area contributed by atoms with Gasteiger partial charge in [0.05, 0.1) is 6.42 Å². The molecule has 1 fully saturated rings. The topological polar surface area (TPSA) is 105 Å². The standard InChI is InChI=1S/C15H16N2O6/c1-2-15(9-3-4-10-11(7-9)23-8-22-10)13(20)17(14(21)16-15)6-5-12(18)19/h3-4,7H,2,5-6,8H2,1H3,(H,16,21)(H,18,19). The number of carboxylic acids is 1. The molecule has 3 amide bonds. The Morgan fingerprint density at radius 3 is 2.78 bits per heavy atom. The number of carbonyl (C=O) groups excluding carboxylic acids is 2. The highest BCUT2D eigenvalue weighted by Crippen LogP contribution is 2.39. The SMILES string of the molecule is CCC1(c2ccc3c(c2)OCO3)NC(=O)N(CCC(=O)O)C1=O. The van der Waals surface area contributed by atoms with E-state index in [1.165, 1.54) is 0 Å². The summed E-state index contributed by atoms with van der Waals surface area (Å²) in [5, 5.41) is 11.5. The molecule has 0 saturated carbocycles. The number of fused-ring (bicyclic) bond motifs is 1. The summed E-state index contributed by atoms with van der Waals surface area (Å²) in [5.41, 5.74) is -0.628. The number of carboxylic acid groups (broad SMARTS) is 1. The lowest BCUT2D eigenvalue weighted by Gasteiger charge is -2.26. The molecule has 0 aliphatic carbocycles. The van der Waals surface area contributed by atoms with Gasteiger partial charge in [-0.3, -0.25) is 14.5 Å². The second-order valence-electron chi connectivity index (χ2n) is 5.36. The molecule has 1 saturated heterocycles. The van der Waals surface area contributed by atoms with Crippen molar-refractivity contribution in [1.82, 2.24) is 10.2 Å². The Kier molecular flexibility index (Phi) is 3.59. The van der Waals surface area contributed by atoms with Crippen LogP contribution in [-0.4, -0.2) is 41.3 Å². The van der Waals surface area contributed by atoms with Gasteiger partial charge in [-0.25, -0.2) is 4.79 Å². The first kappa shape index (κ1) is 15.1. The Morgan fingerprint density at radius 1 is 1.35 bits per heavy atom. The molecule has 0 bridgehead atoms. The first-order valence-electron chi connectivity index (χ1n) is 7.24. The number of nitrogens with zero attached hydrogens (tertiary/aromatic N) is 1. The van der Waals surface area contributed by atoms with Crippen LogP contribution >= 0.6 is 0 Å². The second-order valence-corrected chi connectivity index (χ2v) is 5.36. The average molecular weight is 320 g/mol. The molecule has 2 aliphatic rings. The fraction of sp³-hybridized carbons (Fsp3) is 0.400. The summed E-state index contributed by atoms with van der Waals surface area (Å²) in [6.07, 6.45) is 0.0425. The number of ether oxygens (including phenoxy) is 2. The highest BCUT2D eigenvalue weighted by Gasteiger charge is 2.51. The van der Waals surface area contributed by atoms with Gasteiger partial charge >= 0.3 is 12.0 Å². The summed E-state index contributed by atoms with van der Waals surface area (Å²) in [6, 6.07) is 4.48. The van der Waals surface area contributed by atoms with Gasteiger partial charge in [-0.15, -0.1) is 0 Å². The summed E-state index contributed by atoms with van der Waals surface area (Å²) < 4.78 is 10.6. The number of benzene rings is 1. The maximum absolute atomic E-state index is 12.8. The van der Waals surface area contributed by atoms with Gasteiger partial charge in [0.25, 0.3) is 5.91 Å². The van der Waals surface area contributed by atoms with E-state index in [0.717, 1.165) is 4.90 Å². The van der Waals surface area contributed by atoms with Crippen molar-refractivity contribution in [3.63, 3.8) is 0 Å². The second kappa shape index (κ2) is 5.45. The van der Waals surface area contributed by atoms with Crippen molar-refractivity contribution in [3.8, 4) is 11.5 Å². The van der Waals surface area contributed by atoms with Gasteiger partial charge < -0.3 is 19.9 Å². The van der Waals surface area contributed by atoms with E-state index in [2.05, 4.69) is 5.32 Å². The fourth-order valence-electron chi connectivity index (χ4n) is 2.84. The van der Waals surface area contributed by atoms with Crippen LogP contribution in [0.2, 0.25) is 0 Å². The van der Waals surface area contributed by atoms with Crippen LogP contribution in [0.25, 0.3) is 0 Å². The Hall–Kier alpha value is -2.77. The minimum atomic E-state index is -1.21. The summed E-state index contributed by atoms with van der Waals surface area (Å²) in [6.45, 7) is 1.73. The molecule has 0 radical (unpaired) electrons. The van der Waals surface area contributed by atoms with Crippen LogP contribution in [0.5, 0.6) is 11.5 Å². The van der Waals surface area contributed by atoms with Crippen molar-refractivity contribution in [3.05, 3.63) is 23.8 Å². The van der Waals surface area contributed by atoms with Crippen molar-refractivity contribution in [1.29, 1.82) is 0 Å². The van der Waals surface area contributed by atoms with E-state index in [0.29, 0.717) is 23.5 Å². The molecule has 3 rings (SSSR count). The molecule has 2 aliphatic heterocycles. The van der Waals surface area contributed by atoms with Gasteiger partial charge in [0.2, 0.25) is 6.79 Å². The summed E-state index contributed by atoms with van der Waals surface area (Å²) in [5.74, 6) is -0.423. The molecule has 8 heteroatoms. The number of hydrogen-bond acceptors (Lipinski definition) is 5. The van der Waals surface area contributed by atoms with Crippen LogP contribution in [0.4, 0.5) is 4.79 Å². The van der Waals surface area contributed by atoms with Crippen LogP contribution in [0.1, 0.15) is 25.3 Å². The third-order valence-corrected chi connectivity index (χ3v) is 4.12. The number of nitrogens with one attached hydrogen (secondary N) is 1. The van der Waals surface area contributed by atoms with Crippen LogP contribution < -0.4 is 14.8 Å². The monoisotopic (exact) mass is 320 g/mol. The van der Waals surface area contributed by atoms with Crippen LogP contribution in [0.15, 0.2) is 18.2 Å². The van der Waals surface area contributed by atoms with E-state index in [4.69, 9.17) is 14.6 Å². The zero-order valence-corrected chi connectivity index (χ0v) is 12.5. The maximum Gasteiger partial charge on any atom is 0.325 e. The van der Waals surface area contributed by atoms with Crippen LogP contribution in [-0.2, 0) is 15.1 Å². The van der Waals surface area contributed by atoms with Crippen molar-refractivity contribution < 1.29 is 29.0 Å². The first-order chi connectivity index (χ1) is 11.0. The number of amides is 3. The molecule has 0 aromatic heterocycles. The lowest BCUT2D eigenvalue weighted by Crippen LogP contribution is -2.43. The first-order valence-corrected chi connectivity index (χ1v) is 7.24. The van der Waals surface area contributed by atoms with Gasteiger partial charge in [0.1, 0.15) is 5.54 Å². The minimum Gasteiger partial charge on any atom is -0.481 e. The average Bonchev–Trinajstić information content (AvgIpc) is 3.08. The normalized spacial score (nSPS) is 22.4. The molecule has 1 aromatic carbocycles. The molecule has 1 aromatic rings. The number of imide groups is 1. The molecular formula is C15H16N2O6. The number of aliphatic carboxylic acids is 1. The summed E-state index contributed by atoms with van der Waals surface area (Å²) in [7, 11) is 0. The summed E-state index contributed by atoms with van der Waals surface area (Å²) >= 11 is 0. The molecular weight excluding hydrogens is 304 g/mol. The van der Waals surface area contributed by atoms with E-state index in [1.807, 2.05) is 0 Å². The lowest BCUT2D eigenvalue weighted by atomic mass is 9.87. The smallest absolute Gasteiger partial charge is 0.325 e. The quantitative estimate of drug-likeness (QED) is 0.786. The van der Waals surface area contributed by atoms with Crippen LogP contribution in [0.3, 0.4) is 0 Å². The molecule has 8 nitrogen and oxygen atoms in total. The largest absolute Gasteiger partial charge is 0.481 e. The zero-order valence-electron chi connectivity index (χ0n) is 12.5. The molecule has 1 atom stereocenters. The van der Waals surface area contributed by atoms with E-state index >= 15 is 0 Å². The predicted molar refractivity (Wildman–Crippen MR) is 77.0 cm³/mol. The fourth-order valence-corrected chi connectivity index (χ4v) is 2.84. The molecule has 122 valence electrons. The third-order valence-electron chi connectivity index (χ3n) is 4.12. The Balaban J connectivity index is 1.93. The number of carbonyl (C=O) groups is 3. The molecule has 1 unspecified atom stereocenters. The third kappa shape index (κ3) is 2.36. The van der Waals surface area contributed by atoms with Crippen molar-refractivity contribution in [2.24, 2.45) is 0 Å². The van der Waals surface area contributed by atoms with Crippen molar-refractivity contribution in [2.75, 3.05) is 13.3 Å². The van der Waals surface area contributed by atoms with Gasteiger partial charge in [-0.1, -0.05) is 13.0 Å². The van der Waals surface area contributed by atoms with Gasteiger partial charge in [-0.05, 0) is 24.1 Å². The molecule has 0 spiro atoms. The molecule has 2 N–H and O–H groups in total. The van der Waals surface area contributed by atoms with E-state index in [1.54, 1.807) is 25.1 Å². The van der Waals surface area contributed by atoms with E-state index in [9.17, 15) is 14.4 Å². The lowest BCUT2D eigenvalue weighted by molar-refractivity contribution is -0.138. The molecule has 2 heterocycles. The van der Waals surface area contributed by atoms with Gasteiger partial charge in [0.15, 0.2) is 11.5 Å². The summed E-state index contributed by atoms with van der Waals surface area (Å²) in [4.78, 5) is 36.5. The van der Waals surface area contributed by atoms with Crippen molar-refractivity contribution >= 4 is 17.9 Å². The Labute approximate surface area is 132 Å². The number of rotatable bonds is 5. The maximum atomic E-state index is 12.8. The van der Waals surface area contributed by atoms with Gasteiger partial charge in [0, 0.05) is 6.54 Å². The Bertz CT molecular complexity index is 689. The minimum absolute atomic E-state index is 0.114. The van der Waals surface area contributed by atoms with E-state index < -0.39 is 23.4 Å². The van der Waals surface area contributed by atoms with Crippen LogP contribution in [0, 0.1) is 0 Å². The van der Waals surface area contributed by atoms with Gasteiger partial charge in [-0.2, -0.15) is 0 Å². The number of urea groups is 1.